The first-order valence-corrected chi connectivity index (χ1v) is 15.3. The number of hydrogen-bond donors (Lipinski definition) is 0. The maximum atomic E-state index is 13.0. The van der Waals surface area contributed by atoms with Gasteiger partial charge in [-0.3, -0.25) is 4.79 Å². The molecule has 2 aromatic carbocycles. The fourth-order valence-electron chi connectivity index (χ4n) is 5.40. The number of aromatic nitrogens is 5. The van der Waals surface area contributed by atoms with Gasteiger partial charge in [-0.05, 0) is 66.5 Å². The number of aryl methyl sites for hydroxylation is 1. The second-order valence-electron chi connectivity index (χ2n) is 9.97. The van der Waals surface area contributed by atoms with Gasteiger partial charge in [0.05, 0.1) is 44.7 Å². The summed E-state index contributed by atoms with van der Waals surface area (Å²) in [6.45, 7) is 2.00. The van der Waals surface area contributed by atoms with Crippen LogP contribution in [0.3, 0.4) is 0 Å². The maximum absolute atomic E-state index is 13.0. The Balaban J connectivity index is 1.30. The van der Waals surface area contributed by atoms with Gasteiger partial charge in [-0.1, -0.05) is 41.6 Å². The molecule has 0 saturated heterocycles. The first-order valence-electron chi connectivity index (χ1n) is 13.6. The number of nitrogens with zero attached hydrogens (tertiary/aromatic N) is 8. The Kier molecular flexibility index (Phi) is 6.16. The lowest BCUT2D eigenvalue weighted by Crippen LogP contribution is -2.25. The van der Waals surface area contributed by atoms with E-state index in [1.807, 2.05) is 87.3 Å². The maximum Gasteiger partial charge on any atom is 0.286 e. The van der Waals surface area contributed by atoms with Crippen LogP contribution in [0.15, 0.2) is 110 Å². The zero-order valence-corrected chi connectivity index (χ0v) is 24.4. The minimum absolute atomic E-state index is 0.311. The van der Waals surface area contributed by atoms with Crippen LogP contribution in [-0.2, 0) is 4.79 Å². The highest BCUT2D eigenvalue weighted by atomic mass is 32.2. The molecule has 2 aliphatic heterocycles. The highest BCUT2D eigenvalue weighted by Crippen LogP contribution is 2.43. The lowest BCUT2D eigenvalue weighted by molar-refractivity contribution is -0.113. The summed E-state index contributed by atoms with van der Waals surface area (Å²) < 4.78 is 9.20. The second kappa shape index (κ2) is 10.3. The average molecular weight is 603 g/mol. The number of furan rings is 1. The summed E-state index contributed by atoms with van der Waals surface area (Å²) in [6.07, 6.45) is 3.88. The zero-order valence-electron chi connectivity index (χ0n) is 22.7. The van der Waals surface area contributed by atoms with E-state index in [0.717, 1.165) is 44.4 Å². The number of amidine groups is 1. The van der Waals surface area contributed by atoms with Gasteiger partial charge in [-0.15, -0.1) is 16.4 Å². The van der Waals surface area contributed by atoms with Crippen molar-refractivity contribution in [2.24, 2.45) is 10.1 Å². The van der Waals surface area contributed by atoms with Crippen molar-refractivity contribution in [2.45, 2.75) is 19.4 Å². The van der Waals surface area contributed by atoms with Crippen LogP contribution < -0.4 is 0 Å². The number of carbonyl (C=O) groups excluding carboxylic acids is 1. The summed E-state index contributed by atoms with van der Waals surface area (Å²) in [4.78, 5) is 19.0. The first-order chi connectivity index (χ1) is 21.1. The lowest BCUT2D eigenvalue weighted by atomic mass is 10.0. The molecular weight excluding hydrogens is 581 g/mol. The Hall–Kier alpha value is -5.07. The Morgan fingerprint density at radius 1 is 0.977 bits per heavy atom. The van der Waals surface area contributed by atoms with Crippen molar-refractivity contribution in [3.8, 4) is 11.5 Å². The van der Waals surface area contributed by atoms with Crippen molar-refractivity contribution < 1.29 is 9.21 Å². The van der Waals surface area contributed by atoms with E-state index < -0.39 is 0 Å². The van der Waals surface area contributed by atoms with Crippen molar-refractivity contribution >= 4 is 57.0 Å². The van der Waals surface area contributed by atoms with E-state index in [1.165, 1.54) is 11.8 Å². The molecule has 12 heteroatoms. The monoisotopic (exact) mass is 602 g/mol. The van der Waals surface area contributed by atoms with Gasteiger partial charge < -0.3 is 4.42 Å². The molecule has 210 valence electrons. The Morgan fingerprint density at radius 2 is 1.84 bits per heavy atom. The van der Waals surface area contributed by atoms with E-state index in [2.05, 4.69) is 21.4 Å². The molecule has 4 aromatic heterocycles. The number of amides is 1. The molecule has 0 bridgehead atoms. The van der Waals surface area contributed by atoms with Crippen LogP contribution in [0.5, 0.6) is 0 Å². The molecule has 6 aromatic rings. The lowest BCUT2D eigenvalue weighted by Gasteiger charge is -2.23. The van der Waals surface area contributed by atoms with Crippen LogP contribution in [0.2, 0.25) is 0 Å². The number of fused-ring (bicyclic) bond motifs is 1. The van der Waals surface area contributed by atoms with E-state index in [-0.39, 0.29) is 11.9 Å². The first kappa shape index (κ1) is 25.6. The molecule has 0 aliphatic carbocycles. The number of thioether (sulfide) groups is 1. The molecular formula is C31H22N8O2S2. The van der Waals surface area contributed by atoms with Crippen molar-refractivity contribution in [3.63, 3.8) is 0 Å². The number of thiophene rings is 1. The minimum Gasteiger partial charge on any atom is -0.465 e. The fourth-order valence-corrected chi connectivity index (χ4v) is 7.01. The summed E-state index contributed by atoms with van der Waals surface area (Å²) in [5.41, 5.74) is 5.18. The predicted molar refractivity (Wildman–Crippen MR) is 167 cm³/mol. The molecule has 1 atom stereocenters. The third-order valence-corrected chi connectivity index (χ3v) is 9.20. The molecule has 0 N–H and O–H groups in total. The fraction of sp³-hybridized carbons (Fsp3) is 0.0968. The van der Waals surface area contributed by atoms with Crippen molar-refractivity contribution in [1.82, 2.24) is 29.8 Å². The van der Waals surface area contributed by atoms with Gasteiger partial charge in [0.25, 0.3) is 5.91 Å². The van der Waals surface area contributed by atoms with Crippen LogP contribution in [0.4, 0.5) is 0 Å². The highest BCUT2D eigenvalue weighted by molar-refractivity contribution is 8.18. The Morgan fingerprint density at radius 3 is 2.65 bits per heavy atom. The van der Waals surface area contributed by atoms with Crippen molar-refractivity contribution in [1.29, 1.82) is 0 Å². The number of rotatable bonds is 5. The molecule has 6 heterocycles. The third kappa shape index (κ3) is 4.42. The number of benzene rings is 2. The van der Waals surface area contributed by atoms with Crippen molar-refractivity contribution in [3.05, 3.63) is 117 Å². The molecule has 8 rings (SSSR count). The summed E-state index contributed by atoms with van der Waals surface area (Å²) in [6, 6.07) is 25.2. The van der Waals surface area contributed by atoms with Gasteiger partial charge in [0, 0.05) is 18.1 Å². The SMILES string of the molecule is Cc1nn(-c2ccccc2)c(-n2nnc3ccccc32)c1C1CC(c2cccs2)=NN1C1=NC(=O)/C(=C/c2ccco2)S1. The number of hydrazone groups is 1. The Labute approximate surface area is 253 Å². The van der Waals surface area contributed by atoms with Gasteiger partial charge in [0.1, 0.15) is 11.3 Å². The highest BCUT2D eigenvalue weighted by Gasteiger charge is 2.40. The molecule has 43 heavy (non-hydrogen) atoms. The second-order valence-corrected chi connectivity index (χ2v) is 11.9. The topological polar surface area (TPSA) is 107 Å². The molecule has 2 aliphatic rings. The molecule has 1 unspecified atom stereocenters. The number of hydrogen-bond acceptors (Lipinski definition) is 9. The summed E-state index contributed by atoms with van der Waals surface area (Å²) >= 11 is 2.92. The number of para-hydroxylation sites is 2. The van der Waals surface area contributed by atoms with Gasteiger partial charge in [-0.2, -0.15) is 19.9 Å². The minimum atomic E-state index is -0.325. The Bertz CT molecular complexity index is 2070. The molecule has 0 radical (unpaired) electrons. The van der Waals surface area contributed by atoms with E-state index in [0.29, 0.717) is 22.3 Å². The largest absolute Gasteiger partial charge is 0.465 e. The van der Waals surface area contributed by atoms with Gasteiger partial charge in [0.2, 0.25) is 0 Å². The third-order valence-electron chi connectivity index (χ3n) is 7.31. The van der Waals surface area contributed by atoms with Crippen LogP contribution in [-0.4, -0.2) is 46.6 Å². The van der Waals surface area contributed by atoms with E-state index >= 15 is 0 Å². The quantitative estimate of drug-likeness (QED) is 0.211. The summed E-state index contributed by atoms with van der Waals surface area (Å²) in [5, 5.41) is 23.6. The van der Waals surface area contributed by atoms with Gasteiger partial charge in [-0.25, -0.2) is 9.69 Å². The van der Waals surface area contributed by atoms with E-state index in [9.17, 15) is 4.79 Å². The van der Waals surface area contributed by atoms with Crippen LogP contribution in [0, 0.1) is 6.92 Å². The number of aliphatic imine (C=N–C) groups is 1. The van der Waals surface area contributed by atoms with E-state index in [4.69, 9.17) is 14.6 Å². The predicted octanol–water partition coefficient (Wildman–Crippen LogP) is 6.39. The van der Waals surface area contributed by atoms with Crippen LogP contribution in [0.1, 0.15) is 34.4 Å². The standard InChI is InChI=1S/C31H22N8O2S2/c1-19-28(30(37(34-19)20-9-3-2-4-10-20)38-24-13-6-5-12-22(24)33-36-38)25-18-23(26-14-8-16-42-26)35-39(25)31-32-29(40)27(43-31)17-21-11-7-15-41-21/h2-17,25H,18H2,1H3/b27-17-. The number of carbonyl (C=O) groups is 1. The molecule has 10 nitrogen and oxygen atoms in total. The smallest absolute Gasteiger partial charge is 0.286 e. The molecule has 0 saturated carbocycles. The van der Waals surface area contributed by atoms with E-state index in [1.54, 1.807) is 35.8 Å². The normalized spacial score (nSPS) is 17.8. The average Bonchev–Trinajstić information content (AvgIpc) is 3.87. The molecule has 1 amide bonds. The van der Waals surface area contributed by atoms with Crippen LogP contribution in [0.25, 0.3) is 28.6 Å². The van der Waals surface area contributed by atoms with Gasteiger partial charge in [0.15, 0.2) is 11.0 Å². The van der Waals surface area contributed by atoms with Crippen molar-refractivity contribution in [2.75, 3.05) is 0 Å². The van der Waals surface area contributed by atoms with Crippen LogP contribution >= 0.6 is 23.1 Å². The molecule has 0 spiro atoms. The summed E-state index contributed by atoms with van der Waals surface area (Å²) in [7, 11) is 0. The zero-order chi connectivity index (χ0) is 28.9. The van der Waals surface area contributed by atoms with Gasteiger partial charge >= 0.3 is 0 Å². The molecule has 0 fully saturated rings. The summed E-state index contributed by atoms with van der Waals surface area (Å²) in [5.74, 6) is 1.03.